The Balaban J connectivity index is 1.33. The molecular weight excluding hydrogens is 395 g/mol. The van der Waals surface area contributed by atoms with Crippen molar-refractivity contribution in [2.75, 3.05) is 23.4 Å². The number of ether oxygens (including phenoxy) is 1. The number of hydrogen-bond donors (Lipinski definition) is 1. The molecule has 1 fully saturated rings. The molecule has 8 heteroatoms. The molecule has 6 nitrogen and oxygen atoms in total. The van der Waals surface area contributed by atoms with Gasteiger partial charge in [0.2, 0.25) is 5.91 Å². The fraction of sp³-hybridized carbons (Fsp3) is 0.190. The van der Waals surface area contributed by atoms with Gasteiger partial charge in [-0.05, 0) is 48.9 Å². The van der Waals surface area contributed by atoms with Crippen molar-refractivity contribution in [3.8, 4) is 0 Å². The Morgan fingerprint density at radius 2 is 1.97 bits per heavy atom. The Morgan fingerprint density at radius 1 is 1.17 bits per heavy atom. The van der Waals surface area contributed by atoms with Gasteiger partial charge in [0.1, 0.15) is 10.7 Å². The fourth-order valence-corrected chi connectivity index (χ4v) is 4.14. The van der Waals surface area contributed by atoms with Crippen molar-refractivity contribution >= 4 is 50.6 Å². The highest BCUT2D eigenvalue weighted by atomic mass is 32.1. The number of fused-ring (bicyclic) bond motifs is 1. The first kappa shape index (κ1) is 19.1. The van der Waals surface area contributed by atoms with E-state index in [0.29, 0.717) is 28.7 Å². The Hall–Kier alpha value is -3.26. The Morgan fingerprint density at radius 3 is 2.66 bits per heavy atom. The third kappa shape index (κ3) is 4.12. The van der Waals surface area contributed by atoms with Gasteiger partial charge in [0, 0.05) is 34.4 Å². The van der Waals surface area contributed by atoms with E-state index < -0.39 is 24.3 Å². The summed E-state index contributed by atoms with van der Waals surface area (Å²) in [6, 6.07) is 12.9. The van der Waals surface area contributed by atoms with Gasteiger partial charge in [0.15, 0.2) is 6.61 Å². The average Bonchev–Trinajstić information content (AvgIpc) is 3.34. The zero-order valence-electron chi connectivity index (χ0n) is 15.3. The predicted molar refractivity (Wildman–Crippen MR) is 109 cm³/mol. The molecule has 2 amide bonds. The molecule has 148 valence electrons. The van der Waals surface area contributed by atoms with Crippen LogP contribution in [0, 0.1) is 5.82 Å². The molecular formula is C21H17FN2O4S. The number of halogens is 1. The lowest BCUT2D eigenvalue weighted by atomic mass is 10.2. The van der Waals surface area contributed by atoms with Gasteiger partial charge in [-0.2, -0.15) is 0 Å². The van der Waals surface area contributed by atoms with Gasteiger partial charge in [-0.3, -0.25) is 9.59 Å². The van der Waals surface area contributed by atoms with Crippen LogP contribution >= 0.6 is 11.3 Å². The number of amides is 2. The third-order valence-electron chi connectivity index (χ3n) is 4.58. The predicted octanol–water partition coefficient (Wildman–Crippen LogP) is 3.96. The van der Waals surface area contributed by atoms with E-state index in [4.69, 9.17) is 4.74 Å². The molecule has 0 saturated carbocycles. The normalized spacial score (nSPS) is 13.7. The van der Waals surface area contributed by atoms with Crippen molar-refractivity contribution < 1.29 is 23.5 Å². The number of carbonyl (C=O) groups excluding carboxylic acids is 3. The zero-order valence-corrected chi connectivity index (χ0v) is 16.1. The topological polar surface area (TPSA) is 75.7 Å². The first-order valence-corrected chi connectivity index (χ1v) is 9.88. The first-order chi connectivity index (χ1) is 14.0. The number of nitrogens with zero attached hydrogens (tertiary/aromatic N) is 1. The van der Waals surface area contributed by atoms with Crippen LogP contribution in [-0.2, 0) is 14.3 Å². The summed E-state index contributed by atoms with van der Waals surface area (Å²) in [5.74, 6) is -1.48. The van der Waals surface area contributed by atoms with Gasteiger partial charge >= 0.3 is 5.97 Å². The van der Waals surface area contributed by atoms with Gasteiger partial charge < -0.3 is 15.0 Å². The van der Waals surface area contributed by atoms with E-state index in [1.807, 2.05) is 0 Å². The molecule has 1 N–H and O–H groups in total. The van der Waals surface area contributed by atoms with Gasteiger partial charge in [0.05, 0.1) is 0 Å². The number of carbonyl (C=O) groups is 3. The third-order valence-corrected chi connectivity index (χ3v) is 5.66. The number of esters is 1. The largest absolute Gasteiger partial charge is 0.451 e. The summed E-state index contributed by atoms with van der Waals surface area (Å²) in [6.07, 6.45) is 1.39. The van der Waals surface area contributed by atoms with Crippen molar-refractivity contribution in [2.45, 2.75) is 12.8 Å². The summed E-state index contributed by atoms with van der Waals surface area (Å²) in [4.78, 5) is 37.9. The lowest BCUT2D eigenvalue weighted by molar-refractivity contribution is -0.119. The first-order valence-electron chi connectivity index (χ1n) is 9.07. The molecule has 0 aliphatic carbocycles. The minimum Gasteiger partial charge on any atom is -0.451 e. The van der Waals surface area contributed by atoms with Crippen LogP contribution in [0.3, 0.4) is 0 Å². The van der Waals surface area contributed by atoms with Crippen molar-refractivity contribution in [3.63, 3.8) is 0 Å². The van der Waals surface area contributed by atoms with E-state index in [1.165, 1.54) is 12.1 Å². The lowest BCUT2D eigenvalue weighted by Crippen LogP contribution is -2.23. The summed E-state index contributed by atoms with van der Waals surface area (Å²) in [5, 5.41) is 2.99. The maximum Gasteiger partial charge on any atom is 0.348 e. The highest BCUT2D eigenvalue weighted by Gasteiger charge is 2.21. The molecule has 1 saturated heterocycles. The molecule has 29 heavy (non-hydrogen) atoms. The van der Waals surface area contributed by atoms with E-state index in [1.54, 1.807) is 41.3 Å². The molecule has 0 unspecified atom stereocenters. The fourth-order valence-electron chi connectivity index (χ4n) is 3.17. The Labute approximate surface area is 169 Å². The molecule has 2 aromatic carbocycles. The summed E-state index contributed by atoms with van der Waals surface area (Å²) in [6.45, 7) is 0.240. The molecule has 4 rings (SSSR count). The quantitative estimate of drug-likeness (QED) is 0.644. The number of anilines is 2. The summed E-state index contributed by atoms with van der Waals surface area (Å²) in [7, 11) is 0. The Bertz CT molecular complexity index is 1090. The molecule has 0 radical (unpaired) electrons. The molecule has 1 aliphatic heterocycles. The van der Waals surface area contributed by atoms with Gasteiger partial charge in [-0.25, -0.2) is 9.18 Å². The van der Waals surface area contributed by atoms with Crippen LogP contribution in [0.1, 0.15) is 22.5 Å². The van der Waals surface area contributed by atoms with E-state index in [2.05, 4.69) is 5.32 Å². The SMILES string of the molecule is O=C(COC(=O)c1cc2c(F)cccc2s1)Nc1ccc(N2CCCC2=O)cc1. The van der Waals surface area contributed by atoms with Crippen LogP contribution in [0.25, 0.3) is 10.1 Å². The molecule has 3 aromatic rings. The minimum atomic E-state index is -0.677. The van der Waals surface area contributed by atoms with Gasteiger partial charge in [-0.1, -0.05) is 6.07 Å². The highest BCUT2D eigenvalue weighted by molar-refractivity contribution is 7.20. The van der Waals surface area contributed by atoms with Crippen molar-refractivity contribution in [1.82, 2.24) is 0 Å². The summed E-state index contributed by atoms with van der Waals surface area (Å²) >= 11 is 1.11. The second kappa shape index (κ2) is 8.00. The van der Waals surface area contributed by atoms with Crippen molar-refractivity contribution in [1.29, 1.82) is 0 Å². The van der Waals surface area contributed by atoms with Crippen LogP contribution in [0.2, 0.25) is 0 Å². The average molecular weight is 412 g/mol. The standard InChI is InChI=1S/C21H17FN2O4S/c22-16-3-1-4-17-15(16)11-18(29-17)21(27)28-12-19(25)23-13-6-8-14(9-7-13)24-10-2-5-20(24)26/h1,3-4,6-9,11H,2,5,10,12H2,(H,23,25). The number of hydrogen-bond acceptors (Lipinski definition) is 5. The number of benzene rings is 2. The molecule has 1 aromatic heterocycles. The maximum absolute atomic E-state index is 13.7. The molecule has 2 heterocycles. The smallest absolute Gasteiger partial charge is 0.348 e. The maximum atomic E-state index is 13.7. The highest BCUT2D eigenvalue weighted by Crippen LogP contribution is 2.28. The van der Waals surface area contributed by atoms with Crippen LogP contribution < -0.4 is 10.2 Å². The van der Waals surface area contributed by atoms with E-state index >= 15 is 0 Å². The van der Waals surface area contributed by atoms with E-state index in [9.17, 15) is 18.8 Å². The van der Waals surface area contributed by atoms with Crippen molar-refractivity contribution in [3.05, 3.63) is 59.2 Å². The van der Waals surface area contributed by atoms with E-state index in [-0.39, 0.29) is 10.8 Å². The summed E-state index contributed by atoms with van der Waals surface area (Å²) < 4.78 is 19.4. The number of nitrogens with one attached hydrogen (secondary N) is 1. The molecule has 0 bridgehead atoms. The van der Waals surface area contributed by atoms with E-state index in [0.717, 1.165) is 23.4 Å². The van der Waals surface area contributed by atoms with Gasteiger partial charge in [-0.15, -0.1) is 11.3 Å². The Kier molecular flexibility index (Phi) is 5.26. The van der Waals surface area contributed by atoms with Crippen LogP contribution in [0.5, 0.6) is 0 Å². The minimum absolute atomic E-state index is 0.0924. The second-order valence-corrected chi connectivity index (χ2v) is 7.67. The zero-order chi connectivity index (χ0) is 20.4. The van der Waals surface area contributed by atoms with Crippen LogP contribution in [-0.4, -0.2) is 30.9 Å². The molecule has 0 atom stereocenters. The van der Waals surface area contributed by atoms with Crippen molar-refractivity contribution in [2.24, 2.45) is 0 Å². The molecule has 0 spiro atoms. The molecule has 1 aliphatic rings. The van der Waals surface area contributed by atoms with Crippen LogP contribution in [0.15, 0.2) is 48.5 Å². The monoisotopic (exact) mass is 412 g/mol. The lowest BCUT2D eigenvalue weighted by Gasteiger charge is -2.16. The number of rotatable bonds is 5. The summed E-state index contributed by atoms with van der Waals surface area (Å²) in [5.41, 5.74) is 1.32. The van der Waals surface area contributed by atoms with Crippen LogP contribution in [0.4, 0.5) is 15.8 Å². The van der Waals surface area contributed by atoms with Gasteiger partial charge in [0.25, 0.3) is 5.91 Å². The number of thiophene rings is 1. The second-order valence-electron chi connectivity index (χ2n) is 6.58.